The molecule has 0 nitrogen and oxygen atoms in total. The predicted molar refractivity (Wildman–Crippen MR) is 56.2 cm³/mol. The zero-order valence-corrected chi connectivity index (χ0v) is 9.39. The maximum Gasteiger partial charge on any atom is 0.00368 e. The van der Waals surface area contributed by atoms with Crippen molar-refractivity contribution in [2.45, 2.75) is 33.6 Å². The largest absolute Gasteiger partial charge is 0.0928 e. The summed E-state index contributed by atoms with van der Waals surface area (Å²) in [6, 6.07) is 0. The van der Waals surface area contributed by atoms with Crippen molar-refractivity contribution >= 4 is 15.9 Å². The molecular weight excluding hydrogens is 200 g/mol. The summed E-state index contributed by atoms with van der Waals surface area (Å²) in [7, 11) is 0. The first-order chi connectivity index (χ1) is 5.16. The van der Waals surface area contributed by atoms with Crippen molar-refractivity contribution < 1.29 is 0 Å². The monoisotopic (exact) mass is 218 g/mol. The van der Waals surface area contributed by atoms with Crippen LogP contribution in [0.15, 0.2) is 12.2 Å². The van der Waals surface area contributed by atoms with Crippen LogP contribution in [0.5, 0.6) is 0 Å². The highest BCUT2D eigenvalue weighted by molar-refractivity contribution is 9.09. The molecule has 11 heavy (non-hydrogen) atoms. The fraction of sp³-hybridized carbons (Fsp3) is 0.800. The SMILES string of the molecule is CC(C)C/C=C/C(C)CCBr. The zero-order valence-electron chi connectivity index (χ0n) is 7.81. The van der Waals surface area contributed by atoms with E-state index in [1.165, 1.54) is 12.8 Å². The highest BCUT2D eigenvalue weighted by atomic mass is 79.9. The van der Waals surface area contributed by atoms with E-state index in [0.717, 1.165) is 17.2 Å². The Kier molecular flexibility index (Phi) is 7.04. The van der Waals surface area contributed by atoms with Crippen molar-refractivity contribution in [3.8, 4) is 0 Å². The summed E-state index contributed by atoms with van der Waals surface area (Å²) in [4.78, 5) is 0. The topological polar surface area (TPSA) is 0 Å². The number of halogens is 1. The van der Waals surface area contributed by atoms with Gasteiger partial charge < -0.3 is 0 Å². The molecule has 1 atom stereocenters. The van der Waals surface area contributed by atoms with Gasteiger partial charge in [-0.25, -0.2) is 0 Å². The van der Waals surface area contributed by atoms with Crippen LogP contribution in [0.25, 0.3) is 0 Å². The first kappa shape index (κ1) is 11.2. The van der Waals surface area contributed by atoms with Crippen LogP contribution >= 0.6 is 15.9 Å². The Bertz CT molecular complexity index is 105. The maximum absolute atomic E-state index is 3.44. The van der Waals surface area contributed by atoms with E-state index >= 15 is 0 Å². The van der Waals surface area contributed by atoms with Crippen molar-refractivity contribution in [1.29, 1.82) is 0 Å². The van der Waals surface area contributed by atoms with Crippen molar-refractivity contribution in [1.82, 2.24) is 0 Å². The second kappa shape index (κ2) is 6.90. The smallest absolute Gasteiger partial charge is 0.00368 e. The lowest BCUT2D eigenvalue weighted by Crippen LogP contribution is -1.90. The molecule has 0 aromatic carbocycles. The molecule has 0 radical (unpaired) electrons. The van der Waals surface area contributed by atoms with Gasteiger partial charge in [-0.2, -0.15) is 0 Å². The number of allylic oxidation sites excluding steroid dienone is 2. The minimum Gasteiger partial charge on any atom is -0.0928 e. The summed E-state index contributed by atoms with van der Waals surface area (Å²) >= 11 is 3.44. The first-order valence-electron chi connectivity index (χ1n) is 4.39. The van der Waals surface area contributed by atoms with E-state index in [1.807, 2.05) is 0 Å². The Morgan fingerprint density at radius 3 is 2.36 bits per heavy atom. The second-order valence-electron chi connectivity index (χ2n) is 3.51. The quantitative estimate of drug-likeness (QED) is 0.484. The molecule has 1 heteroatoms. The van der Waals surface area contributed by atoms with Crippen molar-refractivity contribution in [3.05, 3.63) is 12.2 Å². The van der Waals surface area contributed by atoms with Gasteiger partial charge in [-0.3, -0.25) is 0 Å². The van der Waals surface area contributed by atoms with Gasteiger partial charge in [0.1, 0.15) is 0 Å². The van der Waals surface area contributed by atoms with Crippen LogP contribution in [0.2, 0.25) is 0 Å². The van der Waals surface area contributed by atoms with Crippen molar-refractivity contribution in [3.63, 3.8) is 0 Å². The van der Waals surface area contributed by atoms with E-state index in [4.69, 9.17) is 0 Å². The van der Waals surface area contributed by atoms with Crippen LogP contribution in [0, 0.1) is 11.8 Å². The molecule has 0 rings (SSSR count). The van der Waals surface area contributed by atoms with Crippen LogP contribution in [-0.2, 0) is 0 Å². The molecule has 0 aliphatic rings. The van der Waals surface area contributed by atoms with Gasteiger partial charge in [-0.15, -0.1) is 0 Å². The molecule has 0 bridgehead atoms. The van der Waals surface area contributed by atoms with Crippen LogP contribution < -0.4 is 0 Å². The highest BCUT2D eigenvalue weighted by Gasteiger charge is 1.94. The summed E-state index contributed by atoms with van der Waals surface area (Å²) in [5.74, 6) is 1.52. The Balaban J connectivity index is 3.39. The standard InChI is InChI=1S/C10H19Br/c1-9(2)5-4-6-10(3)7-8-11/h4,6,9-10H,5,7-8H2,1-3H3/b6-4+. The summed E-state index contributed by atoms with van der Waals surface area (Å²) in [6.45, 7) is 6.76. The third kappa shape index (κ3) is 8.12. The first-order valence-corrected chi connectivity index (χ1v) is 5.51. The minimum absolute atomic E-state index is 0.730. The molecule has 0 aliphatic heterocycles. The number of rotatable bonds is 5. The molecule has 0 spiro atoms. The molecule has 0 aliphatic carbocycles. The summed E-state index contributed by atoms with van der Waals surface area (Å²) in [5, 5.41) is 1.11. The zero-order chi connectivity index (χ0) is 8.69. The minimum atomic E-state index is 0.730. The average Bonchev–Trinajstić information content (AvgIpc) is 1.87. The molecule has 0 N–H and O–H groups in total. The molecule has 66 valence electrons. The van der Waals surface area contributed by atoms with E-state index in [-0.39, 0.29) is 0 Å². The van der Waals surface area contributed by atoms with Gasteiger partial charge in [0.25, 0.3) is 0 Å². The molecule has 0 aromatic rings. The maximum atomic E-state index is 3.44. The second-order valence-corrected chi connectivity index (χ2v) is 4.31. The summed E-state index contributed by atoms with van der Waals surface area (Å²) in [6.07, 6.45) is 7.08. The van der Waals surface area contributed by atoms with Crippen LogP contribution in [0.3, 0.4) is 0 Å². The van der Waals surface area contributed by atoms with E-state index in [9.17, 15) is 0 Å². The molecule has 0 heterocycles. The third-order valence-electron chi connectivity index (χ3n) is 1.64. The van der Waals surface area contributed by atoms with E-state index in [2.05, 4.69) is 48.9 Å². The van der Waals surface area contributed by atoms with Crippen LogP contribution in [-0.4, -0.2) is 5.33 Å². The van der Waals surface area contributed by atoms with E-state index in [1.54, 1.807) is 0 Å². The van der Waals surface area contributed by atoms with Gasteiger partial charge in [-0.1, -0.05) is 48.9 Å². The lowest BCUT2D eigenvalue weighted by atomic mass is 10.1. The molecule has 0 saturated carbocycles. The Morgan fingerprint density at radius 1 is 1.27 bits per heavy atom. The van der Waals surface area contributed by atoms with Gasteiger partial charge in [-0.05, 0) is 24.7 Å². The van der Waals surface area contributed by atoms with Crippen molar-refractivity contribution in [2.24, 2.45) is 11.8 Å². The fourth-order valence-electron chi connectivity index (χ4n) is 0.851. The lowest BCUT2D eigenvalue weighted by molar-refractivity contribution is 0.650. The summed E-state index contributed by atoms with van der Waals surface area (Å²) in [5.41, 5.74) is 0. The van der Waals surface area contributed by atoms with Gasteiger partial charge in [0.05, 0.1) is 0 Å². The number of hydrogen-bond donors (Lipinski definition) is 0. The van der Waals surface area contributed by atoms with Gasteiger partial charge in [0.15, 0.2) is 0 Å². The lowest BCUT2D eigenvalue weighted by Gasteiger charge is -2.02. The molecule has 0 saturated heterocycles. The predicted octanol–water partition coefficient (Wildman–Crippen LogP) is 4.01. The fourth-order valence-corrected chi connectivity index (χ4v) is 1.57. The summed E-state index contributed by atoms with van der Waals surface area (Å²) < 4.78 is 0. The normalized spacial score (nSPS) is 14.6. The number of hydrogen-bond acceptors (Lipinski definition) is 0. The average molecular weight is 219 g/mol. The molecule has 0 amide bonds. The Labute approximate surface area is 79.2 Å². The van der Waals surface area contributed by atoms with Crippen molar-refractivity contribution in [2.75, 3.05) is 5.33 Å². The molecule has 0 fully saturated rings. The highest BCUT2D eigenvalue weighted by Crippen LogP contribution is 2.08. The molecule has 1 unspecified atom stereocenters. The Morgan fingerprint density at radius 2 is 1.91 bits per heavy atom. The van der Waals surface area contributed by atoms with Gasteiger partial charge in [0, 0.05) is 5.33 Å². The molecular formula is C10H19Br. The van der Waals surface area contributed by atoms with E-state index in [0.29, 0.717) is 0 Å². The Hall–Kier alpha value is 0.220. The number of alkyl halides is 1. The van der Waals surface area contributed by atoms with Crippen LogP contribution in [0.4, 0.5) is 0 Å². The van der Waals surface area contributed by atoms with Crippen LogP contribution in [0.1, 0.15) is 33.6 Å². The third-order valence-corrected chi connectivity index (χ3v) is 2.09. The van der Waals surface area contributed by atoms with Gasteiger partial charge >= 0.3 is 0 Å². The van der Waals surface area contributed by atoms with Gasteiger partial charge in [0.2, 0.25) is 0 Å². The van der Waals surface area contributed by atoms with E-state index < -0.39 is 0 Å². The molecule has 0 aromatic heterocycles.